The zero-order valence-corrected chi connectivity index (χ0v) is 16.5. The molecule has 0 aliphatic heterocycles. The lowest BCUT2D eigenvalue weighted by Gasteiger charge is -2.12. The molecule has 0 bridgehead atoms. The van der Waals surface area contributed by atoms with Crippen LogP contribution < -0.4 is 16.2 Å². The summed E-state index contributed by atoms with van der Waals surface area (Å²) in [6.07, 6.45) is 0. The number of nitrogens with one attached hydrogen (secondary N) is 3. The van der Waals surface area contributed by atoms with Crippen molar-refractivity contribution in [3.05, 3.63) is 64.7 Å². The summed E-state index contributed by atoms with van der Waals surface area (Å²) in [6, 6.07) is 13.2. The van der Waals surface area contributed by atoms with Crippen molar-refractivity contribution in [2.75, 3.05) is 5.75 Å². The van der Waals surface area contributed by atoms with Crippen LogP contribution in [0.15, 0.2) is 53.4 Å². The molecule has 0 saturated heterocycles. The Labute approximate surface area is 167 Å². The van der Waals surface area contributed by atoms with Crippen molar-refractivity contribution in [3.63, 3.8) is 0 Å². The maximum absolute atomic E-state index is 12.4. The first-order valence-corrected chi connectivity index (χ1v) is 9.60. The molecule has 0 aliphatic carbocycles. The van der Waals surface area contributed by atoms with E-state index in [1.807, 2.05) is 13.8 Å². The summed E-state index contributed by atoms with van der Waals surface area (Å²) in [5, 5.41) is 3.31. The molecule has 0 fully saturated rings. The van der Waals surface area contributed by atoms with Crippen molar-refractivity contribution in [1.29, 1.82) is 0 Å². The summed E-state index contributed by atoms with van der Waals surface area (Å²) in [5.41, 5.74) is 5.49. The number of carbonyl (C=O) groups excluding carboxylic acids is 3. The maximum atomic E-state index is 12.4. The largest absolute Gasteiger partial charge is 0.353 e. The summed E-state index contributed by atoms with van der Waals surface area (Å²) < 4.78 is 0. The molecule has 142 valence electrons. The summed E-state index contributed by atoms with van der Waals surface area (Å²) in [5.74, 6) is -0.841. The molecule has 0 unspecified atom stereocenters. The molecule has 6 nitrogen and oxygen atoms in total. The Morgan fingerprint density at radius 3 is 2.26 bits per heavy atom. The number of amides is 3. The average molecular weight is 406 g/mol. The van der Waals surface area contributed by atoms with Crippen LogP contribution in [-0.4, -0.2) is 29.5 Å². The number of hydrogen-bond donors (Lipinski definition) is 3. The highest BCUT2D eigenvalue weighted by Gasteiger charge is 2.14. The minimum atomic E-state index is -0.468. The standard InChI is InChI=1S/C19H20ClN3O3S/c1-12(2)21-17(24)11-27-16-6-4-3-5-15(16)19(26)23-22-18(25)13-7-9-14(20)10-8-13/h3-10,12H,11H2,1-2H3,(H,21,24)(H,22,25)(H,23,26). The van der Waals surface area contributed by atoms with Gasteiger partial charge in [0.15, 0.2) is 0 Å². The molecule has 0 aromatic heterocycles. The van der Waals surface area contributed by atoms with Gasteiger partial charge in [-0.3, -0.25) is 25.2 Å². The van der Waals surface area contributed by atoms with Gasteiger partial charge in [-0.25, -0.2) is 0 Å². The van der Waals surface area contributed by atoms with Crippen molar-refractivity contribution < 1.29 is 14.4 Å². The number of benzene rings is 2. The topological polar surface area (TPSA) is 87.3 Å². The second-order valence-electron chi connectivity index (χ2n) is 5.92. The van der Waals surface area contributed by atoms with E-state index in [9.17, 15) is 14.4 Å². The number of carbonyl (C=O) groups is 3. The fourth-order valence-electron chi connectivity index (χ4n) is 2.14. The van der Waals surface area contributed by atoms with E-state index in [0.29, 0.717) is 21.0 Å². The third-order valence-corrected chi connectivity index (χ3v) is 4.66. The summed E-state index contributed by atoms with van der Waals surface area (Å²) in [4.78, 5) is 36.9. The predicted octanol–water partition coefficient (Wildman–Crippen LogP) is 3.03. The van der Waals surface area contributed by atoms with Crippen molar-refractivity contribution in [2.24, 2.45) is 0 Å². The van der Waals surface area contributed by atoms with Crippen LogP contribution in [0, 0.1) is 0 Å². The highest BCUT2D eigenvalue weighted by molar-refractivity contribution is 8.00. The van der Waals surface area contributed by atoms with E-state index in [0.717, 1.165) is 0 Å². The summed E-state index contributed by atoms with van der Waals surface area (Å²) >= 11 is 7.05. The monoisotopic (exact) mass is 405 g/mol. The van der Waals surface area contributed by atoms with E-state index in [1.165, 1.54) is 11.8 Å². The normalized spacial score (nSPS) is 10.4. The molecule has 3 amide bonds. The van der Waals surface area contributed by atoms with Gasteiger partial charge in [-0.15, -0.1) is 11.8 Å². The van der Waals surface area contributed by atoms with Crippen LogP contribution in [0.25, 0.3) is 0 Å². The Hall–Kier alpha value is -2.51. The Morgan fingerprint density at radius 2 is 1.59 bits per heavy atom. The number of hydrazine groups is 1. The van der Waals surface area contributed by atoms with Gasteiger partial charge in [-0.2, -0.15) is 0 Å². The molecule has 0 heterocycles. The van der Waals surface area contributed by atoms with Gasteiger partial charge in [-0.05, 0) is 50.2 Å². The second kappa shape index (κ2) is 9.99. The van der Waals surface area contributed by atoms with Gasteiger partial charge in [0.1, 0.15) is 0 Å². The molecule has 0 radical (unpaired) electrons. The highest BCUT2D eigenvalue weighted by atomic mass is 35.5. The molecule has 0 saturated carbocycles. The molecule has 2 rings (SSSR count). The predicted molar refractivity (Wildman–Crippen MR) is 107 cm³/mol. The quantitative estimate of drug-likeness (QED) is 0.509. The molecular weight excluding hydrogens is 386 g/mol. The van der Waals surface area contributed by atoms with Crippen molar-refractivity contribution in [3.8, 4) is 0 Å². The zero-order chi connectivity index (χ0) is 19.8. The van der Waals surface area contributed by atoms with E-state index < -0.39 is 11.8 Å². The molecule has 27 heavy (non-hydrogen) atoms. The lowest BCUT2D eigenvalue weighted by atomic mass is 10.2. The Bertz CT molecular complexity index is 825. The van der Waals surface area contributed by atoms with Gasteiger partial charge >= 0.3 is 0 Å². The SMILES string of the molecule is CC(C)NC(=O)CSc1ccccc1C(=O)NNC(=O)c1ccc(Cl)cc1. The lowest BCUT2D eigenvalue weighted by Crippen LogP contribution is -2.41. The molecule has 0 aliphatic rings. The van der Waals surface area contributed by atoms with E-state index in [2.05, 4.69) is 16.2 Å². The highest BCUT2D eigenvalue weighted by Crippen LogP contribution is 2.22. The molecule has 2 aromatic carbocycles. The average Bonchev–Trinajstić information content (AvgIpc) is 2.64. The zero-order valence-electron chi connectivity index (χ0n) is 14.9. The van der Waals surface area contributed by atoms with E-state index in [-0.39, 0.29) is 17.7 Å². The Balaban J connectivity index is 1.96. The first kappa shape index (κ1) is 20.8. The fourth-order valence-corrected chi connectivity index (χ4v) is 3.13. The van der Waals surface area contributed by atoms with E-state index in [4.69, 9.17) is 11.6 Å². The second-order valence-corrected chi connectivity index (χ2v) is 7.38. The molecule has 0 spiro atoms. The smallest absolute Gasteiger partial charge is 0.270 e. The summed E-state index contributed by atoms with van der Waals surface area (Å²) in [7, 11) is 0. The maximum Gasteiger partial charge on any atom is 0.270 e. The molecule has 2 aromatic rings. The number of rotatable bonds is 6. The first-order chi connectivity index (χ1) is 12.9. The number of thioether (sulfide) groups is 1. The minimum absolute atomic E-state index is 0.0553. The molecular formula is C19H20ClN3O3S. The van der Waals surface area contributed by atoms with Crippen LogP contribution in [0.3, 0.4) is 0 Å². The molecule has 0 atom stereocenters. The third kappa shape index (κ3) is 6.62. The van der Waals surface area contributed by atoms with Gasteiger partial charge in [0.2, 0.25) is 5.91 Å². The van der Waals surface area contributed by atoms with Crippen molar-refractivity contribution in [1.82, 2.24) is 16.2 Å². The lowest BCUT2D eigenvalue weighted by molar-refractivity contribution is -0.119. The Kier molecular flexibility index (Phi) is 7.69. The number of hydrogen-bond acceptors (Lipinski definition) is 4. The van der Waals surface area contributed by atoms with E-state index in [1.54, 1.807) is 48.5 Å². The van der Waals surface area contributed by atoms with Gasteiger partial charge in [-0.1, -0.05) is 23.7 Å². The fraction of sp³-hybridized carbons (Fsp3) is 0.211. The van der Waals surface area contributed by atoms with E-state index >= 15 is 0 Å². The van der Waals surface area contributed by atoms with Gasteiger partial charge in [0.05, 0.1) is 11.3 Å². The van der Waals surface area contributed by atoms with Gasteiger partial charge in [0.25, 0.3) is 11.8 Å². The van der Waals surface area contributed by atoms with Crippen LogP contribution in [0.2, 0.25) is 5.02 Å². The van der Waals surface area contributed by atoms with Crippen molar-refractivity contribution in [2.45, 2.75) is 24.8 Å². The van der Waals surface area contributed by atoms with Crippen LogP contribution in [0.1, 0.15) is 34.6 Å². The Morgan fingerprint density at radius 1 is 0.963 bits per heavy atom. The number of halogens is 1. The molecule has 3 N–H and O–H groups in total. The third-order valence-electron chi connectivity index (χ3n) is 3.34. The molecule has 8 heteroatoms. The van der Waals surface area contributed by atoms with Gasteiger partial charge < -0.3 is 5.32 Å². The first-order valence-electron chi connectivity index (χ1n) is 8.24. The summed E-state index contributed by atoms with van der Waals surface area (Å²) in [6.45, 7) is 3.76. The van der Waals surface area contributed by atoms with Crippen molar-refractivity contribution >= 4 is 41.1 Å². The van der Waals surface area contributed by atoms with Crippen LogP contribution in [0.5, 0.6) is 0 Å². The minimum Gasteiger partial charge on any atom is -0.353 e. The van der Waals surface area contributed by atoms with Crippen LogP contribution >= 0.6 is 23.4 Å². The van der Waals surface area contributed by atoms with Crippen LogP contribution in [0.4, 0.5) is 0 Å². The van der Waals surface area contributed by atoms with Gasteiger partial charge in [0, 0.05) is 21.5 Å². The van der Waals surface area contributed by atoms with Crippen LogP contribution in [-0.2, 0) is 4.79 Å².